The number of piperidine rings is 1. The van der Waals surface area contributed by atoms with Crippen LogP contribution in [-0.2, 0) is 0 Å². The molecule has 1 aliphatic heterocycles. The highest BCUT2D eigenvalue weighted by Gasteiger charge is 2.29. The molecule has 1 saturated heterocycles. The van der Waals surface area contributed by atoms with Crippen LogP contribution in [0.4, 0.5) is 0 Å². The number of carbonyl (C=O) groups is 1. The Hall–Kier alpha value is -3.15. The second-order valence-electron chi connectivity index (χ2n) is 7.55. The molecule has 3 heterocycles. The van der Waals surface area contributed by atoms with Gasteiger partial charge in [-0.2, -0.15) is 5.10 Å². The average molecular weight is 376 g/mol. The van der Waals surface area contributed by atoms with Crippen molar-refractivity contribution in [2.24, 2.45) is 0 Å². The quantitative estimate of drug-likeness (QED) is 0.735. The van der Waals surface area contributed by atoms with Gasteiger partial charge in [0, 0.05) is 48.2 Å². The first kappa shape index (κ1) is 18.2. The second-order valence-corrected chi connectivity index (χ2v) is 7.55. The topological polar surface area (TPSA) is 81.8 Å². The maximum Gasteiger partial charge on any atom is 0.259 e. The van der Waals surface area contributed by atoms with Gasteiger partial charge in [-0.1, -0.05) is 29.8 Å². The van der Waals surface area contributed by atoms with Gasteiger partial charge in [0.1, 0.15) is 5.56 Å². The standard InChI is InChI=1S/C22H24N4O2/c1-14-5-7-16(8-6-14)18-12-24-25-21(18)17-4-3-9-26(13-17)22(28)19-11-23-15(2)10-20(19)27/h5-8,10-12,17H,3-4,9,13H2,1-2H3,(H,23,27)(H,24,25)/t17-/m1/s1. The molecule has 3 aromatic rings. The van der Waals surface area contributed by atoms with Gasteiger partial charge in [0.05, 0.1) is 6.20 Å². The third-order valence-corrected chi connectivity index (χ3v) is 5.44. The number of pyridine rings is 1. The van der Waals surface area contributed by atoms with Gasteiger partial charge >= 0.3 is 0 Å². The van der Waals surface area contributed by atoms with Gasteiger partial charge in [-0.05, 0) is 32.3 Å². The highest BCUT2D eigenvalue weighted by atomic mass is 16.2. The molecule has 2 N–H and O–H groups in total. The minimum atomic E-state index is -0.231. The van der Waals surface area contributed by atoms with Crippen LogP contribution in [0.25, 0.3) is 11.1 Å². The number of H-pyrrole nitrogens is 2. The van der Waals surface area contributed by atoms with Crippen LogP contribution >= 0.6 is 0 Å². The smallest absolute Gasteiger partial charge is 0.259 e. The Morgan fingerprint density at radius 3 is 2.75 bits per heavy atom. The molecule has 1 aliphatic rings. The largest absolute Gasteiger partial charge is 0.364 e. The van der Waals surface area contributed by atoms with E-state index in [1.165, 1.54) is 17.8 Å². The lowest BCUT2D eigenvalue weighted by Gasteiger charge is -2.32. The monoisotopic (exact) mass is 376 g/mol. The highest BCUT2D eigenvalue weighted by Crippen LogP contribution is 2.33. The molecule has 0 radical (unpaired) electrons. The predicted octanol–water partition coefficient (Wildman–Crippen LogP) is 3.40. The van der Waals surface area contributed by atoms with Crippen molar-refractivity contribution in [2.75, 3.05) is 13.1 Å². The molecule has 1 aromatic carbocycles. The van der Waals surface area contributed by atoms with Crippen LogP contribution in [0.1, 0.15) is 46.1 Å². The lowest BCUT2D eigenvalue weighted by Crippen LogP contribution is -2.41. The van der Waals surface area contributed by atoms with Crippen molar-refractivity contribution in [2.45, 2.75) is 32.6 Å². The molecular formula is C22H24N4O2. The number of hydrogen-bond acceptors (Lipinski definition) is 3. The average Bonchev–Trinajstić information content (AvgIpc) is 3.18. The summed E-state index contributed by atoms with van der Waals surface area (Å²) in [7, 11) is 0. The van der Waals surface area contributed by atoms with Crippen LogP contribution in [0.2, 0.25) is 0 Å². The maximum atomic E-state index is 12.9. The number of carbonyl (C=O) groups excluding carboxylic acids is 1. The number of likely N-dealkylation sites (tertiary alicyclic amines) is 1. The van der Waals surface area contributed by atoms with Gasteiger partial charge in [-0.15, -0.1) is 0 Å². The van der Waals surface area contributed by atoms with Crippen LogP contribution in [-0.4, -0.2) is 39.1 Å². The van der Waals surface area contributed by atoms with Crippen molar-refractivity contribution in [1.29, 1.82) is 0 Å². The van der Waals surface area contributed by atoms with Gasteiger partial charge in [-0.3, -0.25) is 14.7 Å². The Morgan fingerprint density at radius 2 is 2.00 bits per heavy atom. The summed E-state index contributed by atoms with van der Waals surface area (Å²) < 4.78 is 0. The number of nitrogens with one attached hydrogen (secondary N) is 2. The summed E-state index contributed by atoms with van der Waals surface area (Å²) in [5, 5.41) is 7.42. The number of aromatic amines is 2. The molecular weight excluding hydrogens is 352 g/mol. The first-order chi connectivity index (χ1) is 13.5. The summed E-state index contributed by atoms with van der Waals surface area (Å²) in [5.74, 6) is -0.0385. The zero-order chi connectivity index (χ0) is 19.7. The van der Waals surface area contributed by atoms with E-state index in [1.54, 1.807) is 11.8 Å². The fourth-order valence-corrected chi connectivity index (χ4v) is 3.88. The van der Waals surface area contributed by atoms with Crippen LogP contribution in [0, 0.1) is 13.8 Å². The minimum Gasteiger partial charge on any atom is -0.364 e. The summed E-state index contributed by atoms with van der Waals surface area (Å²) in [5.41, 5.74) is 5.18. The predicted molar refractivity (Wildman–Crippen MR) is 108 cm³/mol. The van der Waals surface area contributed by atoms with E-state index in [1.807, 2.05) is 6.20 Å². The van der Waals surface area contributed by atoms with E-state index in [0.29, 0.717) is 13.1 Å². The number of benzene rings is 1. The van der Waals surface area contributed by atoms with Crippen LogP contribution in [0.3, 0.4) is 0 Å². The summed E-state index contributed by atoms with van der Waals surface area (Å²) >= 11 is 0. The summed E-state index contributed by atoms with van der Waals surface area (Å²) in [6.07, 6.45) is 5.25. The summed E-state index contributed by atoms with van der Waals surface area (Å²) in [4.78, 5) is 29.9. The Labute approximate surface area is 163 Å². The third-order valence-electron chi connectivity index (χ3n) is 5.44. The minimum absolute atomic E-state index is 0.168. The van der Waals surface area contributed by atoms with Gasteiger partial charge in [0.15, 0.2) is 5.43 Å². The van der Waals surface area contributed by atoms with Crippen LogP contribution in [0.15, 0.2) is 47.5 Å². The van der Waals surface area contributed by atoms with Crippen molar-refractivity contribution in [1.82, 2.24) is 20.1 Å². The van der Waals surface area contributed by atoms with E-state index in [0.717, 1.165) is 35.4 Å². The number of aryl methyl sites for hydroxylation is 2. The first-order valence-electron chi connectivity index (χ1n) is 9.62. The Morgan fingerprint density at radius 1 is 1.21 bits per heavy atom. The fraction of sp³-hybridized carbons (Fsp3) is 0.318. The highest BCUT2D eigenvalue weighted by molar-refractivity contribution is 5.94. The molecule has 144 valence electrons. The fourth-order valence-electron chi connectivity index (χ4n) is 3.88. The number of aromatic nitrogens is 3. The molecule has 6 nitrogen and oxygen atoms in total. The Kier molecular flexibility index (Phi) is 4.86. The van der Waals surface area contributed by atoms with Gasteiger partial charge in [0.2, 0.25) is 0 Å². The molecule has 0 saturated carbocycles. The molecule has 4 rings (SSSR count). The molecule has 1 fully saturated rings. The van der Waals surface area contributed by atoms with Crippen molar-refractivity contribution in [3.05, 3.63) is 75.5 Å². The van der Waals surface area contributed by atoms with E-state index < -0.39 is 0 Å². The molecule has 0 aliphatic carbocycles. The van der Waals surface area contributed by atoms with Crippen molar-refractivity contribution in [3.63, 3.8) is 0 Å². The van der Waals surface area contributed by atoms with E-state index in [2.05, 4.69) is 46.4 Å². The molecule has 0 bridgehead atoms. The zero-order valence-electron chi connectivity index (χ0n) is 16.2. The van der Waals surface area contributed by atoms with Gasteiger partial charge in [0.25, 0.3) is 5.91 Å². The van der Waals surface area contributed by atoms with Gasteiger partial charge < -0.3 is 9.88 Å². The van der Waals surface area contributed by atoms with E-state index in [9.17, 15) is 9.59 Å². The van der Waals surface area contributed by atoms with Crippen molar-refractivity contribution in [3.8, 4) is 11.1 Å². The maximum absolute atomic E-state index is 12.9. The molecule has 1 atom stereocenters. The van der Waals surface area contributed by atoms with Crippen molar-refractivity contribution >= 4 is 5.91 Å². The molecule has 6 heteroatoms. The molecule has 2 aromatic heterocycles. The molecule has 1 amide bonds. The second kappa shape index (κ2) is 7.46. The molecule has 0 unspecified atom stereocenters. The Bertz CT molecular complexity index is 1050. The normalized spacial score (nSPS) is 16.9. The van der Waals surface area contributed by atoms with Crippen molar-refractivity contribution < 1.29 is 4.79 Å². The number of hydrogen-bond donors (Lipinski definition) is 2. The first-order valence-corrected chi connectivity index (χ1v) is 9.62. The van der Waals surface area contributed by atoms with E-state index in [4.69, 9.17) is 0 Å². The number of amides is 1. The van der Waals surface area contributed by atoms with E-state index in [-0.39, 0.29) is 22.8 Å². The SMILES string of the molecule is Cc1ccc(-c2cn[nH]c2[C@@H]2CCCN(C(=O)c3c[nH]c(C)cc3=O)C2)cc1. The van der Waals surface area contributed by atoms with Gasteiger partial charge in [-0.25, -0.2) is 0 Å². The number of nitrogens with zero attached hydrogens (tertiary/aromatic N) is 2. The summed E-state index contributed by atoms with van der Waals surface area (Å²) in [6.45, 7) is 5.11. The third kappa shape index (κ3) is 3.50. The molecule has 0 spiro atoms. The lowest BCUT2D eigenvalue weighted by molar-refractivity contribution is 0.0704. The van der Waals surface area contributed by atoms with E-state index >= 15 is 0 Å². The summed E-state index contributed by atoms with van der Waals surface area (Å²) in [6, 6.07) is 9.85. The number of rotatable bonds is 3. The molecule has 28 heavy (non-hydrogen) atoms. The lowest BCUT2D eigenvalue weighted by atomic mass is 9.90. The van der Waals surface area contributed by atoms with Crippen LogP contribution < -0.4 is 5.43 Å². The van der Waals surface area contributed by atoms with Crippen LogP contribution in [0.5, 0.6) is 0 Å². The Balaban J connectivity index is 1.58. The zero-order valence-corrected chi connectivity index (χ0v) is 16.2.